The average molecular weight is 425 g/mol. The van der Waals surface area contributed by atoms with E-state index < -0.39 is 10.0 Å². The summed E-state index contributed by atoms with van der Waals surface area (Å²) in [6.07, 6.45) is 0. The van der Waals surface area contributed by atoms with Crippen LogP contribution >= 0.6 is 0 Å². The number of hydrogen-bond donors (Lipinski definition) is 0. The van der Waals surface area contributed by atoms with Gasteiger partial charge in [0.2, 0.25) is 10.0 Å². The minimum Gasteiger partial charge on any atom is -0.497 e. The molecule has 7 heteroatoms. The minimum atomic E-state index is -3.54. The van der Waals surface area contributed by atoms with Crippen LogP contribution < -0.4 is 14.4 Å². The number of nitrogens with zero attached hydrogens (tertiary/aromatic N) is 2. The predicted octanol–water partition coefficient (Wildman–Crippen LogP) is 4.00. The van der Waals surface area contributed by atoms with Gasteiger partial charge in [0.05, 0.1) is 12.0 Å². The van der Waals surface area contributed by atoms with Gasteiger partial charge in [-0.1, -0.05) is 18.2 Å². The van der Waals surface area contributed by atoms with Gasteiger partial charge in [0, 0.05) is 31.9 Å². The summed E-state index contributed by atoms with van der Waals surface area (Å²) >= 11 is 0. The van der Waals surface area contributed by atoms with Crippen LogP contribution in [0.2, 0.25) is 0 Å². The first kappa shape index (κ1) is 20.3. The molecule has 0 aliphatic carbocycles. The summed E-state index contributed by atoms with van der Waals surface area (Å²) in [6, 6.07) is 23.8. The lowest BCUT2D eigenvalue weighted by Gasteiger charge is -2.35. The third-order valence-corrected chi connectivity index (χ3v) is 7.03. The fraction of sp³-hybridized carbons (Fsp3) is 0.217. The zero-order chi connectivity index (χ0) is 21.0. The van der Waals surface area contributed by atoms with E-state index in [2.05, 4.69) is 4.90 Å². The highest BCUT2D eigenvalue weighted by Gasteiger charge is 2.28. The summed E-state index contributed by atoms with van der Waals surface area (Å²) in [6.45, 7) is 2.16. The average Bonchev–Trinajstić information content (AvgIpc) is 2.80. The highest BCUT2D eigenvalue weighted by atomic mass is 32.2. The van der Waals surface area contributed by atoms with Gasteiger partial charge in [0.25, 0.3) is 0 Å². The van der Waals surface area contributed by atoms with Gasteiger partial charge in [0.15, 0.2) is 0 Å². The molecule has 156 valence electrons. The molecule has 0 aromatic heterocycles. The molecule has 3 aromatic rings. The number of para-hydroxylation sites is 1. The maximum Gasteiger partial charge on any atom is 0.243 e. The molecule has 0 unspecified atom stereocenters. The van der Waals surface area contributed by atoms with Crippen molar-refractivity contribution in [2.75, 3.05) is 38.2 Å². The molecular weight excluding hydrogens is 400 g/mol. The normalized spacial score (nSPS) is 15.0. The highest BCUT2D eigenvalue weighted by Crippen LogP contribution is 2.26. The standard InChI is InChI=1S/C23H24N2O4S/c1-28-20-9-7-19(8-10-20)24-15-17-25(18-16-24)30(26,27)23-13-11-22(12-14-23)29-21-5-3-2-4-6-21/h2-14H,15-18H2,1H3. The molecule has 0 amide bonds. The van der Waals surface area contributed by atoms with Gasteiger partial charge in [-0.3, -0.25) is 0 Å². The van der Waals surface area contributed by atoms with E-state index in [1.165, 1.54) is 0 Å². The Kier molecular flexibility index (Phi) is 5.92. The topological polar surface area (TPSA) is 59.1 Å². The van der Waals surface area contributed by atoms with Crippen LogP contribution in [0.25, 0.3) is 0 Å². The zero-order valence-corrected chi connectivity index (χ0v) is 17.6. The van der Waals surface area contributed by atoms with Crippen molar-refractivity contribution in [2.45, 2.75) is 4.90 Å². The van der Waals surface area contributed by atoms with Gasteiger partial charge < -0.3 is 14.4 Å². The number of benzene rings is 3. The van der Waals surface area contributed by atoms with E-state index in [1.54, 1.807) is 35.7 Å². The van der Waals surface area contributed by atoms with Crippen LogP contribution in [-0.4, -0.2) is 46.0 Å². The van der Waals surface area contributed by atoms with Crippen LogP contribution in [0.15, 0.2) is 83.8 Å². The summed E-state index contributed by atoms with van der Waals surface area (Å²) in [7, 11) is -1.90. The minimum absolute atomic E-state index is 0.279. The van der Waals surface area contributed by atoms with Crippen molar-refractivity contribution in [1.82, 2.24) is 4.31 Å². The van der Waals surface area contributed by atoms with Crippen molar-refractivity contribution in [3.05, 3.63) is 78.9 Å². The first-order valence-corrected chi connectivity index (χ1v) is 11.2. The number of rotatable bonds is 6. The van der Waals surface area contributed by atoms with E-state index in [1.807, 2.05) is 54.6 Å². The Labute approximate surface area is 177 Å². The van der Waals surface area contributed by atoms with E-state index in [0.717, 1.165) is 11.4 Å². The monoisotopic (exact) mass is 424 g/mol. The predicted molar refractivity (Wildman–Crippen MR) is 117 cm³/mol. The lowest BCUT2D eigenvalue weighted by atomic mass is 10.2. The van der Waals surface area contributed by atoms with Crippen molar-refractivity contribution < 1.29 is 17.9 Å². The number of hydrogen-bond acceptors (Lipinski definition) is 5. The number of piperazine rings is 1. The van der Waals surface area contributed by atoms with Gasteiger partial charge in [-0.05, 0) is 60.7 Å². The number of sulfonamides is 1. The zero-order valence-electron chi connectivity index (χ0n) is 16.8. The van der Waals surface area contributed by atoms with Gasteiger partial charge in [-0.2, -0.15) is 4.31 Å². The van der Waals surface area contributed by atoms with E-state index in [9.17, 15) is 8.42 Å². The molecule has 0 radical (unpaired) electrons. The highest BCUT2D eigenvalue weighted by molar-refractivity contribution is 7.89. The molecule has 3 aromatic carbocycles. The molecule has 1 fully saturated rings. The van der Waals surface area contributed by atoms with Crippen LogP contribution in [0.1, 0.15) is 0 Å². The molecule has 6 nitrogen and oxygen atoms in total. The van der Waals surface area contributed by atoms with Crippen LogP contribution in [0.5, 0.6) is 17.2 Å². The molecule has 30 heavy (non-hydrogen) atoms. The summed E-state index contributed by atoms with van der Waals surface area (Å²) in [4.78, 5) is 2.46. The Balaban J connectivity index is 1.40. The quantitative estimate of drug-likeness (QED) is 0.599. The Morgan fingerprint density at radius 3 is 1.87 bits per heavy atom. The molecule has 1 heterocycles. The van der Waals surface area contributed by atoms with Crippen LogP contribution in [0.3, 0.4) is 0 Å². The Morgan fingerprint density at radius 1 is 0.700 bits per heavy atom. The van der Waals surface area contributed by atoms with Crippen LogP contribution in [0.4, 0.5) is 5.69 Å². The van der Waals surface area contributed by atoms with Gasteiger partial charge in [0.1, 0.15) is 17.2 Å². The Morgan fingerprint density at radius 2 is 1.27 bits per heavy atom. The maximum absolute atomic E-state index is 13.0. The first-order valence-electron chi connectivity index (χ1n) is 9.78. The van der Waals surface area contributed by atoms with Crippen molar-refractivity contribution in [3.8, 4) is 17.2 Å². The van der Waals surface area contributed by atoms with Gasteiger partial charge >= 0.3 is 0 Å². The van der Waals surface area contributed by atoms with Crippen molar-refractivity contribution >= 4 is 15.7 Å². The van der Waals surface area contributed by atoms with E-state index in [-0.39, 0.29) is 4.90 Å². The molecule has 0 N–H and O–H groups in total. The molecule has 0 spiro atoms. The smallest absolute Gasteiger partial charge is 0.243 e. The molecule has 0 bridgehead atoms. The third kappa shape index (κ3) is 4.42. The number of anilines is 1. The number of ether oxygens (including phenoxy) is 2. The second-order valence-corrected chi connectivity index (χ2v) is 8.91. The summed E-state index contributed by atoms with van der Waals surface area (Å²) in [5, 5.41) is 0. The van der Waals surface area contributed by atoms with Gasteiger partial charge in [-0.15, -0.1) is 0 Å². The van der Waals surface area contributed by atoms with Crippen LogP contribution in [0, 0.1) is 0 Å². The van der Waals surface area contributed by atoms with Crippen molar-refractivity contribution in [1.29, 1.82) is 0 Å². The fourth-order valence-corrected chi connectivity index (χ4v) is 4.86. The molecule has 4 rings (SSSR count). The Hall–Kier alpha value is -3.03. The van der Waals surface area contributed by atoms with Crippen LogP contribution in [-0.2, 0) is 10.0 Å². The Bertz CT molecular complexity index is 1060. The first-order chi connectivity index (χ1) is 14.6. The van der Waals surface area contributed by atoms with Crippen molar-refractivity contribution in [3.63, 3.8) is 0 Å². The van der Waals surface area contributed by atoms with E-state index in [0.29, 0.717) is 37.7 Å². The summed E-state index contributed by atoms with van der Waals surface area (Å²) < 4.78 is 38.5. The fourth-order valence-electron chi connectivity index (χ4n) is 3.43. The lowest BCUT2D eigenvalue weighted by Crippen LogP contribution is -2.48. The lowest BCUT2D eigenvalue weighted by molar-refractivity contribution is 0.384. The molecule has 1 saturated heterocycles. The van der Waals surface area contributed by atoms with Crippen molar-refractivity contribution in [2.24, 2.45) is 0 Å². The largest absolute Gasteiger partial charge is 0.497 e. The van der Waals surface area contributed by atoms with E-state index >= 15 is 0 Å². The maximum atomic E-state index is 13.0. The van der Waals surface area contributed by atoms with Gasteiger partial charge in [-0.25, -0.2) is 8.42 Å². The SMILES string of the molecule is COc1ccc(N2CCN(S(=O)(=O)c3ccc(Oc4ccccc4)cc3)CC2)cc1. The number of methoxy groups -OCH3 is 1. The molecule has 0 saturated carbocycles. The second kappa shape index (κ2) is 8.77. The molecule has 1 aliphatic heterocycles. The summed E-state index contributed by atoms with van der Waals surface area (Å²) in [5.41, 5.74) is 1.07. The summed E-state index contributed by atoms with van der Waals surface area (Å²) in [5.74, 6) is 2.12. The molecule has 1 aliphatic rings. The van der Waals surface area contributed by atoms with E-state index in [4.69, 9.17) is 9.47 Å². The second-order valence-electron chi connectivity index (χ2n) is 6.98. The molecule has 0 atom stereocenters. The molecular formula is C23H24N2O4S. The third-order valence-electron chi connectivity index (χ3n) is 5.12.